The molecule has 2 aromatic rings. The molecule has 0 aliphatic carbocycles. The Balaban J connectivity index is 1.71. The lowest BCUT2D eigenvalue weighted by molar-refractivity contribution is -0.163. The van der Waals surface area contributed by atoms with Crippen molar-refractivity contribution in [1.82, 2.24) is 4.90 Å². The first-order valence-corrected chi connectivity index (χ1v) is 18.4. The second-order valence-electron chi connectivity index (χ2n) is 12.0. The molecule has 226 valence electrons. The van der Waals surface area contributed by atoms with Crippen molar-refractivity contribution in [1.29, 1.82) is 0 Å². The van der Waals surface area contributed by atoms with Crippen LogP contribution in [0.2, 0.25) is 18.1 Å². The van der Waals surface area contributed by atoms with Gasteiger partial charge >= 0.3 is 13.8 Å². The molecule has 0 aromatic heterocycles. The molecule has 11 heteroatoms. The van der Waals surface area contributed by atoms with Crippen LogP contribution in [0.5, 0.6) is 11.5 Å². The molecule has 9 nitrogen and oxygen atoms in total. The largest absolute Gasteiger partial charge is 0.646 e. The number of amides is 1. The zero-order valence-electron chi connectivity index (χ0n) is 25.2. The van der Waals surface area contributed by atoms with Crippen LogP contribution >= 0.6 is 7.82 Å². The van der Waals surface area contributed by atoms with E-state index in [0.717, 1.165) is 0 Å². The van der Waals surface area contributed by atoms with E-state index in [1.54, 1.807) is 60.7 Å². The molecular weight excluding hydrogens is 573 g/mol. The van der Waals surface area contributed by atoms with E-state index in [2.05, 4.69) is 40.4 Å². The van der Waals surface area contributed by atoms with E-state index in [9.17, 15) is 14.2 Å². The quantitative estimate of drug-likeness (QED) is 0.0822. The summed E-state index contributed by atoms with van der Waals surface area (Å²) in [6.07, 6.45) is 1.01. The van der Waals surface area contributed by atoms with Crippen LogP contribution in [0.15, 0.2) is 84.8 Å². The molecule has 1 saturated heterocycles. The number of rotatable bonds is 12. The number of para-hydroxylation sites is 2. The number of fused-ring (bicyclic) bond motifs is 1. The molecule has 4 rings (SSSR count). The van der Waals surface area contributed by atoms with Gasteiger partial charge in [-0.2, -0.15) is 4.57 Å². The molecule has 2 aliphatic heterocycles. The van der Waals surface area contributed by atoms with Gasteiger partial charge in [0, 0.05) is 5.92 Å². The Morgan fingerprint density at radius 1 is 1.02 bits per heavy atom. The van der Waals surface area contributed by atoms with Crippen molar-refractivity contribution in [2.45, 2.75) is 64.9 Å². The number of benzene rings is 2. The third-order valence-corrected chi connectivity index (χ3v) is 13.9. The molecule has 2 aromatic carbocycles. The van der Waals surface area contributed by atoms with E-state index in [-0.39, 0.29) is 40.5 Å². The maximum atomic E-state index is 14.3. The molecular formula is C31H40NO8PSi. The van der Waals surface area contributed by atoms with Crippen molar-refractivity contribution < 1.29 is 36.9 Å². The summed E-state index contributed by atoms with van der Waals surface area (Å²) >= 11 is 0. The lowest BCUT2D eigenvalue weighted by atomic mass is 9.79. The van der Waals surface area contributed by atoms with Gasteiger partial charge in [0.15, 0.2) is 14.0 Å². The van der Waals surface area contributed by atoms with E-state index in [1.807, 2.05) is 13.8 Å². The highest BCUT2D eigenvalue weighted by Crippen LogP contribution is 2.57. The minimum absolute atomic E-state index is 0.000339. The summed E-state index contributed by atoms with van der Waals surface area (Å²) < 4.78 is 43.9. The van der Waals surface area contributed by atoms with E-state index in [0.29, 0.717) is 0 Å². The van der Waals surface area contributed by atoms with Crippen LogP contribution in [0.25, 0.3) is 0 Å². The Bertz CT molecular complexity index is 1340. The Hall–Kier alpha value is -3.33. The average molecular weight is 614 g/mol. The number of carbonyl (C=O) groups is 2. The molecule has 2 heterocycles. The summed E-state index contributed by atoms with van der Waals surface area (Å²) in [5.41, 5.74) is -0.122. The Morgan fingerprint density at radius 3 is 2.02 bits per heavy atom. The summed E-state index contributed by atoms with van der Waals surface area (Å²) in [5.74, 6) is -1.68. The number of nitrogens with zero attached hydrogens (tertiary/aromatic N) is 1. The van der Waals surface area contributed by atoms with Crippen LogP contribution in [-0.4, -0.2) is 43.8 Å². The minimum atomic E-state index is -4.44. The summed E-state index contributed by atoms with van der Waals surface area (Å²) in [5, 5.41) is -0.0581. The monoisotopic (exact) mass is 613 g/mol. The van der Waals surface area contributed by atoms with Crippen molar-refractivity contribution in [3.8, 4) is 11.5 Å². The fraction of sp³-hybridized carbons (Fsp3) is 0.419. The van der Waals surface area contributed by atoms with Crippen molar-refractivity contribution in [3.05, 3.63) is 84.8 Å². The van der Waals surface area contributed by atoms with Gasteiger partial charge in [-0.15, -0.1) is 0 Å². The number of phosphoric ester groups is 1. The van der Waals surface area contributed by atoms with Crippen LogP contribution < -0.4 is 9.05 Å². The summed E-state index contributed by atoms with van der Waals surface area (Å²) in [6.45, 7) is 17.9. The van der Waals surface area contributed by atoms with Gasteiger partial charge in [0.25, 0.3) is 0 Å². The number of esters is 1. The smallest absolute Gasteiger partial charge is 0.457 e. The molecule has 1 fully saturated rings. The van der Waals surface area contributed by atoms with E-state index >= 15 is 0 Å². The van der Waals surface area contributed by atoms with Crippen LogP contribution in [-0.2, 0) is 27.8 Å². The first kappa shape index (κ1) is 31.6. The van der Waals surface area contributed by atoms with Gasteiger partial charge in [-0.05, 0) is 49.3 Å². The predicted octanol–water partition coefficient (Wildman–Crippen LogP) is 7.10. The number of hydrogen-bond donors (Lipinski definition) is 0. The normalized spacial score (nSPS) is 21.3. The molecule has 0 bridgehead atoms. The number of carbonyl (C=O) groups excluding carboxylic acids is 2. The topological polar surface area (TPSA) is 101 Å². The minimum Gasteiger partial charge on any atom is -0.457 e. The van der Waals surface area contributed by atoms with Gasteiger partial charge in [0.2, 0.25) is 5.91 Å². The van der Waals surface area contributed by atoms with Crippen molar-refractivity contribution >= 4 is 28.0 Å². The molecule has 2 unspecified atom stereocenters. The van der Waals surface area contributed by atoms with E-state index < -0.39 is 46.1 Å². The highest BCUT2D eigenvalue weighted by Gasteiger charge is 2.63. The Labute approximate surface area is 249 Å². The highest BCUT2D eigenvalue weighted by molar-refractivity contribution is 7.49. The first-order chi connectivity index (χ1) is 19.7. The molecule has 0 saturated carbocycles. The van der Waals surface area contributed by atoms with Crippen molar-refractivity contribution in [2.75, 3.05) is 6.61 Å². The standard InChI is InChI=1S/C31H40NO8PSi/c1-9-20-36-30(34)27-28(21(2)26-25(29(33)32(26)27)22(3)40-42(7,8)31(4,5)6)39-41(35,37-23-16-12-10-13-17-23)38-24-18-14-11-15-19-24/h9-19,21-22,25-26H,1,20H2,2-8H3/t21-,22-,25?,26?/m1/s1. The molecule has 0 radical (unpaired) electrons. The molecule has 1 amide bonds. The van der Waals surface area contributed by atoms with Crippen molar-refractivity contribution in [3.63, 3.8) is 0 Å². The number of ether oxygens (including phenoxy) is 1. The number of β-lactam (4-membered cyclic amide) rings is 1. The Morgan fingerprint density at radius 2 is 1.55 bits per heavy atom. The summed E-state index contributed by atoms with van der Waals surface area (Å²) in [4.78, 5) is 28.4. The fourth-order valence-corrected chi connectivity index (χ4v) is 7.73. The molecule has 2 aliphatic rings. The third kappa shape index (κ3) is 6.36. The second-order valence-corrected chi connectivity index (χ2v) is 18.2. The van der Waals surface area contributed by atoms with E-state index in [1.165, 1.54) is 11.0 Å². The average Bonchev–Trinajstić information content (AvgIpc) is 3.14. The number of hydrogen-bond acceptors (Lipinski definition) is 8. The number of phosphoric acid groups is 1. The van der Waals surface area contributed by atoms with Gasteiger partial charge in [-0.1, -0.05) is 76.7 Å². The maximum Gasteiger partial charge on any atom is 0.646 e. The van der Waals surface area contributed by atoms with Crippen molar-refractivity contribution in [2.24, 2.45) is 11.8 Å². The molecule has 42 heavy (non-hydrogen) atoms. The molecule has 0 spiro atoms. The zero-order valence-corrected chi connectivity index (χ0v) is 27.1. The van der Waals surface area contributed by atoms with Gasteiger partial charge in [0.1, 0.15) is 23.9 Å². The van der Waals surface area contributed by atoms with Crippen LogP contribution in [0.4, 0.5) is 0 Å². The zero-order chi connectivity index (χ0) is 30.9. The first-order valence-electron chi connectivity index (χ1n) is 14.0. The van der Waals surface area contributed by atoms with Crippen LogP contribution in [0.3, 0.4) is 0 Å². The fourth-order valence-electron chi connectivity index (χ4n) is 4.93. The van der Waals surface area contributed by atoms with Gasteiger partial charge in [-0.25, -0.2) is 4.79 Å². The van der Waals surface area contributed by atoms with Crippen LogP contribution in [0.1, 0.15) is 34.6 Å². The summed E-state index contributed by atoms with van der Waals surface area (Å²) in [6, 6.07) is 16.4. The third-order valence-electron chi connectivity index (χ3n) is 8.04. The molecule has 0 N–H and O–H groups in total. The summed E-state index contributed by atoms with van der Waals surface area (Å²) in [7, 11) is -6.65. The maximum absolute atomic E-state index is 14.3. The highest BCUT2D eigenvalue weighted by atomic mass is 31.2. The van der Waals surface area contributed by atoms with Gasteiger partial charge < -0.3 is 22.7 Å². The van der Waals surface area contributed by atoms with Crippen LogP contribution in [0, 0.1) is 11.8 Å². The predicted molar refractivity (Wildman–Crippen MR) is 162 cm³/mol. The SMILES string of the molecule is C=CCOC(=O)C1=C(OP(=O)(Oc2ccccc2)Oc2ccccc2)[C@H](C)C2C([C@@H](C)O[Si](C)(C)C(C)(C)C)C(=O)N12. The van der Waals surface area contributed by atoms with E-state index in [4.69, 9.17) is 22.7 Å². The van der Waals surface area contributed by atoms with Gasteiger partial charge in [-0.3, -0.25) is 9.69 Å². The lowest BCUT2D eigenvalue weighted by Gasteiger charge is -2.49. The van der Waals surface area contributed by atoms with Gasteiger partial charge in [0.05, 0.1) is 18.1 Å². The Kier molecular flexibility index (Phi) is 9.11. The second kappa shape index (κ2) is 12.1. The molecule has 4 atom stereocenters. The lowest BCUT2D eigenvalue weighted by Crippen LogP contribution is -2.65.